The lowest BCUT2D eigenvalue weighted by Gasteiger charge is -2.10. The smallest absolute Gasteiger partial charge is 0.337 e. The number of benzene rings is 2. The van der Waals surface area contributed by atoms with E-state index in [9.17, 15) is 19.5 Å². The molecule has 0 aliphatic rings. The van der Waals surface area contributed by atoms with Gasteiger partial charge in [-0.15, -0.1) is 0 Å². The molecule has 3 aromatic rings. The second-order valence-corrected chi connectivity index (χ2v) is 5.89. The summed E-state index contributed by atoms with van der Waals surface area (Å²) in [6.45, 7) is 0. The van der Waals surface area contributed by atoms with E-state index >= 15 is 0 Å². The van der Waals surface area contributed by atoms with Gasteiger partial charge in [-0.05, 0) is 54.6 Å². The lowest BCUT2D eigenvalue weighted by molar-refractivity contribution is 0.0698. The standard InChI is InChI=1S/C19H13ClN2O5/c20-12-5-8-14(19(25)26)15(10-12)22-17(23)11-3-6-13(7-4-11)21-18(24)16-2-1-9-27-16/h1-10H,(H,21,24)(H,22,23)(H,25,26). The number of hydrogen-bond acceptors (Lipinski definition) is 4. The Morgan fingerprint density at radius 2 is 1.67 bits per heavy atom. The van der Waals surface area contributed by atoms with Crippen LogP contribution in [-0.2, 0) is 0 Å². The summed E-state index contributed by atoms with van der Waals surface area (Å²) in [6, 6.07) is 13.3. The first kappa shape index (κ1) is 18.2. The summed E-state index contributed by atoms with van der Waals surface area (Å²) in [5.41, 5.74) is 0.773. The number of aromatic carboxylic acids is 1. The molecule has 7 nitrogen and oxygen atoms in total. The highest BCUT2D eigenvalue weighted by atomic mass is 35.5. The number of halogens is 1. The van der Waals surface area contributed by atoms with Gasteiger partial charge in [0.15, 0.2) is 5.76 Å². The molecule has 0 bridgehead atoms. The van der Waals surface area contributed by atoms with Crippen LogP contribution in [0.2, 0.25) is 5.02 Å². The monoisotopic (exact) mass is 384 g/mol. The van der Waals surface area contributed by atoms with Crippen LogP contribution in [0, 0.1) is 0 Å². The van der Waals surface area contributed by atoms with Gasteiger partial charge >= 0.3 is 5.97 Å². The molecule has 0 unspecified atom stereocenters. The Hall–Kier alpha value is -3.58. The fraction of sp³-hybridized carbons (Fsp3) is 0. The van der Waals surface area contributed by atoms with Crippen molar-refractivity contribution in [2.75, 3.05) is 10.6 Å². The van der Waals surface area contributed by atoms with Gasteiger partial charge in [-0.25, -0.2) is 4.79 Å². The number of rotatable bonds is 5. The Morgan fingerprint density at radius 1 is 0.926 bits per heavy atom. The number of furan rings is 1. The minimum atomic E-state index is -1.18. The second kappa shape index (κ2) is 7.76. The zero-order chi connectivity index (χ0) is 19.4. The summed E-state index contributed by atoms with van der Waals surface area (Å²) in [4.78, 5) is 35.5. The van der Waals surface area contributed by atoms with Gasteiger partial charge in [-0.1, -0.05) is 11.6 Å². The molecule has 0 spiro atoms. The van der Waals surface area contributed by atoms with Gasteiger partial charge < -0.3 is 20.2 Å². The summed E-state index contributed by atoms with van der Waals surface area (Å²) in [7, 11) is 0. The van der Waals surface area contributed by atoms with Gasteiger partial charge in [-0.2, -0.15) is 0 Å². The van der Waals surface area contributed by atoms with Gasteiger partial charge in [0.05, 0.1) is 17.5 Å². The highest BCUT2D eigenvalue weighted by molar-refractivity contribution is 6.31. The molecule has 0 saturated heterocycles. The number of carboxylic acid groups (broad SMARTS) is 1. The molecule has 3 N–H and O–H groups in total. The SMILES string of the molecule is O=C(Nc1cc(Cl)ccc1C(=O)O)c1ccc(NC(=O)c2ccco2)cc1. The van der Waals surface area contributed by atoms with E-state index in [-0.39, 0.29) is 22.6 Å². The Kier molecular flexibility index (Phi) is 5.23. The first-order valence-corrected chi connectivity index (χ1v) is 8.11. The molecule has 2 aromatic carbocycles. The molecule has 0 atom stereocenters. The van der Waals surface area contributed by atoms with E-state index in [1.807, 2.05) is 0 Å². The number of carboxylic acids is 1. The molecule has 0 aliphatic carbocycles. The first-order valence-electron chi connectivity index (χ1n) is 7.73. The molecule has 3 rings (SSSR count). The van der Waals surface area contributed by atoms with Crippen molar-refractivity contribution in [3.05, 3.63) is 82.8 Å². The third kappa shape index (κ3) is 4.34. The van der Waals surface area contributed by atoms with E-state index in [0.29, 0.717) is 10.7 Å². The van der Waals surface area contributed by atoms with Gasteiger partial charge in [0.1, 0.15) is 0 Å². The average Bonchev–Trinajstić information content (AvgIpc) is 3.17. The van der Waals surface area contributed by atoms with Crippen molar-refractivity contribution in [3.63, 3.8) is 0 Å². The summed E-state index contributed by atoms with van der Waals surface area (Å²) < 4.78 is 5.00. The van der Waals surface area contributed by atoms with E-state index in [2.05, 4.69) is 10.6 Å². The van der Waals surface area contributed by atoms with Gasteiger partial charge in [0.25, 0.3) is 11.8 Å². The van der Waals surface area contributed by atoms with Crippen LogP contribution in [-0.4, -0.2) is 22.9 Å². The Balaban J connectivity index is 1.72. The normalized spacial score (nSPS) is 10.3. The minimum absolute atomic E-state index is 0.0740. The molecular formula is C19H13ClN2O5. The van der Waals surface area contributed by atoms with Crippen LogP contribution in [0.4, 0.5) is 11.4 Å². The Labute approximate surface area is 158 Å². The van der Waals surface area contributed by atoms with Gasteiger partial charge in [0, 0.05) is 16.3 Å². The lowest BCUT2D eigenvalue weighted by atomic mass is 10.1. The van der Waals surface area contributed by atoms with Crippen molar-refractivity contribution in [1.82, 2.24) is 0 Å². The largest absolute Gasteiger partial charge is 0.478 e. The average molecular weight is 385 g/mol. The van der Waals surface area contributed by atoms with E-state index in [1.165, 1.54) is 42.7 Å². The minimum Gasteiger partial charge on any atom is -0.478 e. The number of carbonyl (C=O) groups excluding carboxylic acids is 2. The van der Waals surface area contributed by atoms with E-state index < -0.39 is 17.8 Å². The van der Waals surface area contributed by atoms with Crippen molar-refractivity contribution in [2.24, 2.45) is 0 Å². The fourth-order valence-electron chi connectivity index (χ4n) is 2.31. The first-order chi connectivity index (χ1) is 12.9. The Morgan fingerprint density at radius 3 is 2.30 bits per heavy atom. The molecule has 0 fully saturated rings. The maximum atomic E-state index is 12.4. The maximum Gasteiger partial charge on any atom is 0.337 e. The van der Waals surface area contributed by atoms with E-state index in [1.54, 1.807) is 18.2 Å². The summed E-state index contributed by atoms with van der Waals surface area (Å²) in [5.74, 6) is -1.94. The van der Waals surface area contributed by atoms with Crippen LogP contribution in [0.25, 0.3) is 0 Å². The number of anilines is 2. The van der Waals surface area contributed by atoms with Gasteiger partial charge in [0.2, 0.25) is 0 Å². The molecule has 0 saturated carbocycles. The summed E-state index contributed by atoms with van der Waals surface area (Å²) in [5, 5.41) is 14.7. The molecule has 2 amide bonds. The lowest BCUT2D eigenvalue weighted by Crippen LogP contribution is -2.15. The molecular weight excluding hydrogens is 372 g/mol. The summed E-state index contributed by atoms with van der Waals surface area (Å²) >= 11 is 5.87. The van der Waals surface area contributed by atoms with Crippen molar-refractivity contribution in [3.8, 4) is 0 Å². The molecule has 1 aromatic heterocycles. The van der Waals surface area contributed by atoms with Crippen molar-refractivity contribution >= 4 is 40.8 Å². The van der Waals surface area contributed by atoms with Crippen LogP contribution in [0.5, 0.6) is 0 Å². The van der Waals surface area contributed by atoms with Crippen molar-refractivity contribution in [2.45, 2.75) is 0 Å². The van der Waals surface area contributed by atoms with Crippen molar-refractivity contribution in [1.29, 1.82) is 0 Å². The molecule has 0 radical (unpaired) electrons. The predicted molar refractivity (Wildman–Crippen MR) is 99.5 cm³/mol. The van der Waals surface area contributed by atoms with Gasteiger partial charge in [-0.3, -0.25) is 9.59 Å². The second-order valence-electron chi connectivity index (χ2n) is 5.46. The third-order valence-corrected chi connectivity index (χ3v) is 3.85. The van der Waals surface area contributed by atoms with Crippen LogP contribution in [0.15, 0.2) is 65.3 Å². The highest BCUT2D eigenvalue weighted by Crippen LogP contribution is 2.22. The van der Waals surface area contributed by atoms with Crippen LogP contribution < -0.4 is 10.6 Å². The Bertz CT molecular complexity index is 997. The molecule has 27 heavy (non-hydrogen) atoms. The van der Waals surface area contributed by atoms with Crippen LogP contribution in [0.3, 0.4) is 0 Å². The van der Waals surface area contributed by atoms with E-state index in [0.717, 1.165) is 0 Å². The summed E-state index contributed by atoms with van der Waals surface area (Å²) in [6.07, 6.45) is 1.39. The maximum absolute atomic E-state index is 12.4. The molecule has 0 aliphatic heterocycles. The third-order valence-electron chi connectivity index (χ3n) is 3.61. The fourth-order valence-corrected chi connectivity index (χ4v) is 2.48. The number of nitrogens with one attached hydrogen (secondary N) is 2. The molecule has 136 valence electrons. The zero-order valence-corrected chi connectivity index (χ0v) is 14.5. The van der Waals surface area contributed by atoms with Crippen molar-refractivity contribution < 1.29 is 23.9 Å². The number of amides is 2. The number of hydrogen-bond donors (Lipinski definition) is 3. The zero-order valence-electron chi connectivity index (χ0n) is 13.7. The predicted octanol–water partition coefficient (Wildman–Crippen LogP) is 4.14. The number of carbonyl (C=O) groups is 3. The molecule has 8 heteroatoms. The van der Waals surface area contributed by atoms with Crippen LogP contribution in [0.1, 0.15) is 31.3 Å². The molecule has 1 heterocycles. The van der Waals surface area contributed by atoms with Crippen LogP contribution >= 0.6 is 11.6 Å². The van der Waals surface area contributed by atoms with E-state index in [4.69, 9.17) is 16.0 Å². The topological polar surface area (TPSA) is 109 Å². The quantitative estimate of drug-likeness (QED) is 0.612. The highest BCUT2D eigenvalue weighted by Gasteiger charge is 2.15.